The topological polar surface area (TPSA) is 94.5 Å². The van der Waals surface area contributed by atoms with Crippen molar-refractivity contribution in [1.29, 1.82) is 0 Å². The number of aromatic nitrogens is 2. The van der Waals surface area contributed by atoms with Crippen LogP contribution in [0.25, 0.3) is 16.9 Å². The highest BCUT2D eigenvalue weighted by Gasteiger charge is 2.29. The Kier molecular flexibility index (Phi) is 7.25. The zero-order chi connectivity index (χ0) is 25.9. The summed E-state index contributed by atoms with van der Waals surface area (Å²) >= 11 is 0. The number of nitrogens with zero attached hydrogens (tertiary/aromatic N) is 2. The van der Waals surface area contributed by atoms with Crippen molar-refractivity contribution in [2.45, 2.75) is 19.2 Å². The first-order valence-corrected chi connectivity index (χ1v) is 10.9. The maximum Gasteiger partial charge on any atom is 0.411 e. The minimum absolute atomic E-state index is 0.0560. The second kappa shape index (κ2) is 10.4. The minimum atomic E-state index is -4.45. The Labute approximate surface area is 203 Å². The highest BCUT2D eigenvalue weighted by Crippen LogP contribution is 2.30. The van der Waals surface area contributed by atoms with Gasteiger partial charge in [-0.15, -0.1) is 5.10 Å². The fourth-order valence-corrected chi connectivity index (χ4v) is 3.76. The molecular weight excluding hydrogens is 484 g/mol. The number of amides is 2. The molecule has 1 aromatic heterocycles. The summed E-state index contributed by atoms with van der Waals surface area (Å²) in [6, 6.07) is 12.1. The molecule has 36 heavy (non-hydrogen) atoms. The molecule has 2 N–H and O–H groups in total. The van der Waals surface area contributed by atoms with E-state index in [0.29, 0.717) is 22.5 Å². The number of benzene rings is 2. The third-order valence-corrected chi connectivity index (χ3v) is 5.40. The fourth-order valence-electron chi connectivity index (χ4n) is 3.76. The lowest BCUT2D eigenvalue weighted by atomic mass is 10.1. The van der Waals surface area contributed by atoms with Gasteiger partial charge in [0, 0.05) is 36.7 Å². The predicted octanol–water partition coefficient (Wildman–Crippen LogP) is 3.84. The van der Waals surface area contributed by atoms with E-state index in [1.807, 2.05) is 0 Å². The van der Waals surface area contributed by atoms with E-state index in [-0.39, 0.29) is 37.0 Å². The van der Waals surface area contributed by atoms with Gasteiger partial charge in [0.1, 0.15) is 18.2 Å². The van der Waals surface area contributed by atoms with E-state index in [0.717, 1.165) is 0 Å². The van der Waals surface area contributed by atoms with Gasteiger partial charge in [-0.2, -0.15) is 13.2 Å². The van der Waals surface area contributed by atoms with E-state index in [9.17, 15) is 27.2 Å². The third kappa shape index (κ3) is 6.19. The summed E-state index contributed by atoms with van der Waals surface area (Å²) in [5, 5.41) is 9.67. The summed E-state index contributed by atoms with van der Waals surface area (Å²) in [5.74, 6) is -1.39. The molecule has 0 unspecified atom stereocenters. The molecule has 1 aliphatic heterocycles. The molecule has 1 atom stereocenters. The molecule has 0 bridgehead atoms. The molecule has 0 aliphatic carbocycles. The van der Waals surface area contributed by atoms with Crippen molar-refractivity contribution in [3.8, 4) is 22.7 Å². The molecule has 2 heterocycles. The van der Waals surface area contributed by atoms with Crippen molar-refractivity contribution in [2.24, 2.45) is 5.92 Å². The van der Waals surface area contributed by atoms with Crippen LogP contribution >= 0.6 is 0 Å². The zero-order valence-electron chi connectivity index (χ0n) is 19.1. The second-order valence-electron chi connectivity index (χ2n) is 8.18. The number of carbonyl (C=O) groups is 2. The van der Waals surface area contributed by atoms with Gasteiger partial charge in [0.25, 0.3) is 0 Å². The number of methoxy groups -OCH3 is 1. The van der Waals surface area contributed by atoms with Gasteiger partial charge in [-0.05, 0) is 17.7 Å². The van der Waals surface area contributed by atoms with Crippen molar-refractivity contribution >= 4 is 17.6 Å². The first-order valence-electron chi connectivity index (χ1n) is 10.9. The minimum Gasteiger partial charge on any atom is -0.497 e. The van der Waals surface area contributed by atoms with E-state index in [1.54, 1.807) is 36.4 Å². The summed E-state index contributed by atoms with van der Waals surface area (Å²) in [4.78, 5) is 24.1. The lowest BCUT2D eigenvalue weighted by Gasteiger charge is -2.11. The number of carbonyl (C=O) groups excluding carboxylic acids is 2. The van der Waals surface area contributed by atoms with Crippen LogP contribution in [0.1, 0.15) is 12.0 Å². The molecule has 190 valence electrons. The summed E-state index contributed by atoms with van der Waals surface area (Å²) in [6.07, 6.45) is -4.39. The number of anilines is 1. The molecular formula is C24H22F4N4O4. The number of hydrogen-bond acceptors (Lipinski definition) is 5. The van der Waals surface area contributed by atoms with Gasteiger partial charge in [-0.3, -0.25) is 9.59 Å². The van der Waals surface area contributed by atoms with Crippen LogP contribution in [0.15, 0.2) is 48.5 Å². The molecule has 2 amide bonds. The smallest absolute Gasteiger partial charge is 0.411 e. The second-order valence-corrected chi connectivity index (χ2v) is 8.18. The first kappa shape index (κ1) is 25.2. The van der Waals surface area contributed by atoms with Crippen LogP contribution in [-0.4, -0.2) is 48.0 Å². The Bertz CT molecular complexity index is 1280. The van der Waals surface area contributed by atoms with Gasteiger partial charge >= 0.3 is 6.18 Å². The molecule has 0 saturated carbocycles. The number of ether oxygens (including phenoxy) is 2. The Hall–Kier alpha value is -3.93. The van der Waals surface area contributed by atoms with Crippen molar-refractivity contribution in [3.05, 3.63) is 59.9 Å². The molecule has 1 fully saturated rings. The average molecular weight is 506 g/mol. The standard InChI is InChI=1S/C24H22F4N4O4/c1-35-19-8-17(25)7-18(9-19)32-20(10-21(31-32)30-23(34)16-6-22(33)29-11-16)15-4-2-3-14(5-15)12-36-13-24(26,27)28/h2-5,7-10,16H,6,11-13H2,1H3,(H,29,33)(H,30,31,34)/t16-/m0/s1. The van der Waals surface area contributed by atoms with Crippen molar-refractivity contribution < 1.29 is 36.6 Å². The largest absolute Gasteiger partial charge is 0.497 e. The monoisotopic (exact) mass is 506 g/mol. The van der Waals surface area contributed by atoms with Crippen LogP contribution in [0, 0.1) is 11.7 Å². The van der Waals surface area contributed by atoms with E-state index in [4.69, 9.17) is 9.47 Å². The number of rotatable bonds is 8. The van der Waals surface area contributed by atoms with E-state index >= 15 is 0 Å². The van der Waals surface area contributed by atoms with Gasteiger partial charge in [0.05, 0.1) is 31.0 Å². The van der Waals surface area contributed by atoms with Crippen molar-refractivity contribution in [1.82, 2.24) is 15.1 Å². The number of halogens is 4. The normalized spacial score (nSPS) is 15.6. The van der Waals surface area contributed by atoms with Gasteiger partial charge in [0.15, 0.2) is 5.82 Å². The van der Waals surface area contributed by atoms with Gasteiger partial charge in [-0.1, -0.05) is 18.2 Å². The molecule has 4 rings (SSSR count). The Morgan fingerprint density at radius 3 is 2.72 bits per heavy atom. The SMILES string of the molecule is COc1cc(F)cc(-n2nc(NC(=O)[C@@H]3CNC(=O)C3)cc2-c2cccc(COCC(F)(F)F)c2)c1. The van der Waals surface area contributed by atoms with E-state index in [2.05, 4.69) is 15.7 Å². The van der Waals surface area contributed by atoms with Gasteiger partial charge < -0.3 is 20.1 Å². The van der Waals surface area contributed by atoms with Gasteiger partial charge in [-0.25, -0.2) is 9.07 Å². The molecule has 8 nitrogen and oxygen atoms in total. The lowest BCUT2D eigenvalue weighted by molar-refractivity contribution is -0.176. The van der Waals surface area contributed by atoms with Gasteiger partial charge in [0.2, 0.25) is 11.8 Å². The lowest BCUT2D eigenvalue weighted by Crippen LogP contribution is -2.24. The van der Waals surface area contributed by atoms with Crippen LogP contribution in [0.2, 0.25) is 0 Å². The fraction of sp³-hybridized carbons (Fsp3) is 0.292. The first-order chi connectivity index (χ1) is 17.1. The molecule has 0 radical (unpaired) electrons. The van der Waals surface area contributed by atoms with Crippen LogP contribution < -0.4 is 15.4 Å². The van der Waals surface area contributed by atoms with Crippen LogP contribution in [-0.2, 0) is 20.9 Å². The summed E-state index contributed by atoms with van der Waals surface area (Å²) in [6.45, 7) is -1.45. The summed E-state index contributed by atoms with van der Waals surface area (Å²) < 4.78 is 62.9. The third-order valence-electron chi connectivity index (χ3n) is 5.40. The average Bonchev–Trinajstić information content (AvgIpc) is 3.44. The van der Waals surface area contributed by atoms with Crippen LogP contribution in [0.3, 0.4) is 0 Å². The number of alkyl halides is 3. The van der Waals surface area contributed by atoms with Crippen LogP contribution in [0.5, 0.6) is 5.75 Å². The molecule has 1 aliphatic rings. The molecule has 3 aromatic rings. The number of hydrogen-bond donors (Lipinski definition) is 2. The van der Waals surface area contributed by atoms with E-state index < -0.39 is 30.4 Å². The Morgan fingerprint density at radius 2 is 2.03 bits per heavy atom. The van der Waals surface area contributed by atoms with Crippen molar-refractivity contribution in [2.75, 3.05) is 25.6 Å². The molecule has 0 spiro atoms. The quantitative estimate of drug-likeness (QED) is 0.453. The highest BCUT2D eigenvalue weighted by atomic mass is 19.4. The summed E-state index contributed by atoms with van der Waals surface area (Å²) in [7, 11) is 1.38. The predicted molar refractivity (Wildman–Crippen MR) is 121 cm³/mol. The Balaban J connectivity index is 1.68. The van der Waals surface area contributed by atoms with Crippen molar-refractivity contribution in [3.63, 3.8) is 0 Å². The van der Waals surface area contributed by atoms with E-state index in [1.165, 1.54) is 23.9 Å². The summed E-state index contributed by atoms with van der Waals surface area (Å²) in [5.41, 5.74) is 1.73. The maximum atomic E-state index is 14.3. The maximum absolute atomic E-state index is 14.3. The highest BCUT2D eigenvalue weighted by molar-refractivity contribution is 5.97. The number of nitrogens with one attached hydrogen (secondary N) is 2. The molecule has 2 aromatic carbocycles. The molecule has 12 heteroatoms. The Morgan fingerprint density at radius 1 is 1.22 bits per heavy atom. The van der Waals surface area contributed by atoms with Crippen LogP contribution in [0.4, 0.5) is 23.4 Å². The molecule has 1 saturated heterocycles. The zero-order valence-corrected chi connectivity index (χ0v) is 19.1.